The maximum Gasteiger partial charge on any atom is 0.311 e. The Morgan fingerprint density at radius 3 is 2.34 bits per heavy atom. The lowest BCUT2D eigenvalue weighted by atomic mass is 9.44. The molecular weight excluding hydrogens is 492 g/mol. The van der Waals surface area contributed by atoms with Gasteiger partial charge >= 0.3 is 5.97 Å². The summed E-state index contributed by atoms with van der Waals surface area (Å²) in [5, 5.41) is 0.109. The predicted octanol–water partition coefficient (Wildman–Crippen LogP) is 9.05. The molecule has 1 spiro atoms. The van der Waals surface area contributed by atoms with Gasteiger partial charge in [-0.1, -0.05) is 54.4 Å². The maximum atomic E-state index is 12.6. The van der Waals surface area contributed by atoms with E-state index in [1.807, 2.05) is 20.8 Å². The zero-order valence-electron chi connectivity index (χ0n) is 25.9. The van der Waals surface area contributed by atoms with E-state index in [4.69, 9.17) is 21.1 Å². The van der Waals surface area contributed by atoms with Crippen molar-refractivity contribution in [2.24, 2.45) is 57.7 Å². The van der Waals surface area contributed by atoms with Crippen molar-refractivity contribution in [3.05, 3.63) is 0 Å². The number of hydrogen-bond donors (Lipinski definition) is 0. The van der Waals surface area contributed by atoms with Gasteiger partial charge in [-0.25, -0.2) is 0 Å². The van der Waals surface area contributed by atoms with Gasteiger partial charge in [-0.3, -0.25) is 4.79 Å². The molecule has 0 aromatic heterocycles. The Hall–Kier alpha value is -0.280. The highest BCUT2D eigenvalue weighted by Gasteiger charge is 2.82. The van der Waals surface area contributed by atoms with Crippen LogP contribution in [0.3, 0.4) is 0 Å². The van der Waals surface area contributed by atoms with E-state index in [1.54, 1.807) is 0 Å². The number of alkyl halides is 1. The fourth-order valence-electron chi connectivity index (χ4n) is 10.7. The number of esters is 1. The van der Waals surface area contributed by atoms with Gasteiger partial charge in [0.2, 0.25) is 0 Å². The summed E-state index contributed by atoms with van der Waals surface area (Å²) in [5.74, 6) is 4.87. The summed E-state index contributed by atoms with van der Waals surface area (Å²) < 4.78 is 13.0. The molecule has 0 bridgehead atoms. The van der Waals surface area contributed by atoms with Crippen molar-refractivity contribution in [1.29, 1.82) is 0 Å². The SMILES string of the molecule is CC[C@H](CC[C@@H](C)[C@H]1CC[C@H]2[C@@H]3CC[C@H]4C[C@@H](OC(=O)C(C)(C)C)CC[C@]4(C)[C@]34O[C@@H]4[C@H](Cl)[C@]12C)C(C)C. The molecule has 0 unspecified atom stereocenters. The van der Waals surface area contributed by atoms with Crippen LogP contribution in [0.4, 0.5) is 0 Å². The molecule has 1 saturated heterocycles. The second kappa shape index (κ2) is 9.92. The largest absolute Gasteiger partial charge is 0.462 e. The molecule has 5 aliphatic rings. The Kier molecular flexibility index (Phi) is 7.63. The van der Waals surface area contributed by atoms with Crippen LogP contribution in [0.2, 0.25) is 0 Å². The highest BCUT2D eigenvalue weighted by atomic mass is 35.5. The third kappa shape index (κ3) is 4.24. The zero-order valence-corrected chi connectivity index (χ0v) is 26.7. The molecule has 0 amide bonds. The smallest absolute Gasteiger partial charge is 0.311 e. The van der Waals surface area contributed by atoms with Crippen LogP contribution in [0.5, 0.6) is 0 Å². The second-order valence-corrected chi connectivity index (χ2v) is 16.7. The summed E-state index contributed by atoms with van der Waals surface area (Å²) in [6.45, 7) is 20.6. The number of fused-ring (bicyclic) bond motifs is 3. The predicted molar refractivity (Wildman–Crippen MR) is 156 cm³/mol. The molecule has 0 aromatic carbocycles. The van der Waals surface area contributed by atoms with Crippen molar-refractivity contribution in [3.63, 3.8) is 0 Å². The minimum atomic E-state index is -0.441. The number of carbonyl (C=O) groups excluding carboxylic acids is 1. The van der Waals surface area contributed by atoms with Crippen LogP contribution in [-0.4, -0.2) is 29.2 Å². The number of halogens is 1. The van der Waals surface area contributed by atoms with E-state index >= 15 is 0 Å². The normalized spacial score (nSPS) is 47.4. The molecule has 218 valence electrons. The Morgan fingerprint density at radius 1 is 1.03 bits per heavy atom. The summed E-state index contributed by atoms with van der Waals surface area (Å²) in [7, 11) is 0. The van der Waals surface area contributed by atoms with Gasteiger partial charge in [-0.15, -0.1) is 11.6 Å². The highest BCUT2D eigenvalue weighted by Crippen LogP contribution is 2.77. The Labute approximate surface area is 238 Å². The minimum absolute atomic E-state index is 0.0470. The first-order chi connectivity index (χ1) is 17.7. The third-order valence-corrected chi connectivity index (χ3v) is 13.9. The van der Waals surface area contributed by atoms with Gasteiger partial charge < -0.3 is 9.47 Å². The lowest BCUT2D eigenvalue weighted by Crippen LogP contribution is -2.63. The van der Waals surface area contributed by atoms with E-state index < -0.39 is 5.41 Å². The molecule has 0 aromatic rings. The molecule has 4 saturated carbocycles. The fraction of sp³-hybridized carbons (Fsp3) is 0.971. The molecule has 0 radical (unpaired) electrons. The minimum Gasteiger partial charge on any atom is -0.462 e. The zero-order chi connectivity index (χ0) is 27.8. The van der Waals surface area contributed by atoms with Gasteiger partial charge in [0.25, 0.3) is 0 Å². The van der Waals surface area contributed by atoms with E-state index in [2.05, 4.69) is 41.5 Å². The molecule has 1 heterocycles. The van der Waals surface area contributed by atoms with E-state index in [1.165, 1.54) is 44.9 Å². The fourth-order valence-corrected chi connectivity index (χ4v) is 11.2. The Bertz CT molecular complexity index is 895. The van der Waals surface area contributed by atoms with Gasteiger partial charge in [0, 0.05) is 5.41 Å². The average molecular weight is 549 g/mol. The van der Waals surface area contributed by atoms with Gasteiger partial charge in [-0.05, 0) is 119 Å². The van der Waals surface area contributed by atoms with Crippen molar-refractivity contribution in [2.45, 2.75) is 150 Å². The summed E-state index contributed by atoms with van der Waals surface area (Å²) in [6, 6.07) is 0. The van der Waals surface area contributed by atoms with Crippen LogP contribution >= 0.6 is 11.6 Å². The molecule has 3 nitrogen and oxygen atoms in total. The van der Waals surface area contributed by atoms with Crippen molar-refractivity contribution < 1.29 is 14.3 Å². The van der Waals surface area contributed by atoms with E-state index in [9.17, 15) is 4.79 Å². The molecule has 1 aliphatic heterocycles. The summed E-state index contributed by atoms with van der Waals surface area (Å²) in [4.78, 5) is 12.6. The third-order valence-electron chi connectivity index (χ3n) is 13.2. The first kappa shape index (κ1) is 29.2. The van der Waals surface area contributed by atoms with Crippen LogP contribution in [0.1, 0.15) is 127 Å². The first-order valence-corrected chi connectivity index (χ1v) is 16.7. The van der Waals surface area contributed by atoms with Crippen LogP contribution in [0.15, 0.2) is 0 Å². The number of ether oxygens (including phenoxy) is 2. The molecule has 38 heavy (non-hydrogen) atoms. The van der Waals surface area contributed by atoms with Gasteiger partial charge in [0.05, 0.1) is 10.8 Å². The maximum absolute atomic E-state index is 12.6. The monoisotopic (exact) mass is 548 g/mol. The van der Waals surface area contributed by atoms with Crippen LogP contribution < -0.4 is 0 Å². The molecule has 12 atom stereocenters. The Morgan fingerprint density at radius 2 is 1.71 bits per heavy atom. The average Bonchev–Trinajstić information content (AvgIpc) is 3.50. The van der Waals surface area contributed by atoms with Crippen molar-refractivity contribution in [2.75, 3.05) is 0 Å². The number of epoxide rings is 1. The van der Waals surface area contributed by atoms with Crippen molar-refractivity contribution in [1.82, 2.24) is 0 Å². The lowest BCUT2D eigenvalue weighted by molar-refractivity contribution is -0.169. The number of carbonyl (C=O) groups is 1. The van der Waals surface area contributed by atoms with E-state index in [0.717, 1.165) is 37.0 Å². The van der Waals surface area contributed by atoms with Crippen molar-refractivity contribution in [3.8, 4) is 0 Å². The van der Waals surface area contributed by atoms with Crippen LogP contribution in [-0.2, 0) is 14.3 Å². The summed E-state index contributed by atoms with van der Waals surface area (Å²) in [6.07, 6.45) is 12.5. The Balaban J connectivity index is 1.32. The van der Waals surface area contributed by atoms with Gasteiger partial charge in [0.1, 0.15) is 17.8 Å². The van der Waals surface area contributed by atoms with Gasteiger partial charge in [-0.2, -0.15) is 0 Å². The molecule has 4 heteroatoms. The number of hydrogen-bond acceptors (Lipinski definition) is 3. The van der Waals surface area contributed by atoms with E-state index in [-0.39, 0.29) is 40.0 Å². The molecule has 0 N–H and O–H groups in total. The first-order valence-electron chi connectivity index (χ1n) is 16.2. The lowest BCUT2D eigenvalue weighted by Gasteiger charge is -2.60. The molecule has 5 rings (SSSR count). The second-order valence-electron chi connectivity index (χ2n) is 16.2. The van der Waals surface area contributed by atoms with Gasteiger partial charge in [0.15, 0.2) is 0 Å². The topological polar surface area (TPSA) is 38.8 Å². The summed E-state index contributed by atoms with van der Waals surface area (Å²) in [5.41, 5.74) is -0.161. The standard InChI is InChI=1S/C34H57ClO3/c1-10-22(20(2)3)12-11-21(4)25-15-16-26-27-14-13-23-19-24(37-30(36)31(5,6)7)17-18-32(23,8)34(27)29(38-34)28(35)33(25,26)9/h20-29H,10-19H2,1-9H3/t21-,22-,23+,24+,25-,26+,27+,28+,29-,32+,33-,34+/m1/s1. The number of rotatable bonds is 7. The van der Waals surface area contributed by atoms with E-state index in [0.29, 0.717) is 23.7 Å². The van der Waals surface area contributed by atoms with Crippen LogP contribution in [0.25, 0.3) is 0 Å². The summed E-state index contributed by atoms with van der Waals surface area (Å²) >= 11 is 7.59. The molecular formula is C34H57ClO3. The molecule has 5 fully saturated rings. The quantitative estimate of drug-likeness (QED) is 0.181. The van der Waals surface area contributed by atoms with Crippen LogP contribution in [0, 0.1) is 57.7 Å². The molecule has 4 aliphatic carbocycles. The van der Waals surface area contributed by atoms with Crippen molar-refractivity contribution >= 4 is 17.6 Å². The highest BCUT2D eigenvalue weighted by molar-refractivity contribution is 6.22.